The largest absolute Gasteiger partial charge is 0.346 e. The molecule has 138 valence electrons. The molecule has 0 saturated carbocycles. The van der Waals surface area contributed by atoms with Crippen LogP contribution in [0.1, 0.15) is 10.4 Å². The number of thiazole rings is 1. The maximum atomic E-state index is 12.3. The molecule has 1 aliphatic heterocycles. The van der Waals surface area contributed by atoms with Crippen LogP contribution in [0, 0.1) is 0 Å². The van der Waals surface area contributed by atoms with Gasteiger partial charge in [0.05, 0.1) is 6.54 Å². The normalized spacial score (nSPS) is 14.9. The number of nitrogens with one attached hydrogen (secondary N) is 1. The Balaban J connectivity index is 1.50. The van der Waals surface area contributed by atoms with Gasteiger partial charge in [0.1, 0.15) is 0 Å². The van der Waals surface area contributed by atoms with Crippen molar-refractivity contribution in [3.8, 4) is 0 Å². The first-order valence-corrected chi connectivity index (χ1v) is 9.39. The quantitative estimate of drug-likeness (QED) is 0.862. The highest BCUT2D eigenvalue weighted by atomic mass is 32.1. The number of hydrogen-bond acceptors (Lipinski definition) is 6. The number of benzene rings is 1. The summed E-state index contributed by atoms with van der Waals surface area (Å²) in [5.74, 6) is -0.151. The van der Waals surface area contributed by atoms with E-state index in [2.05, 4.69) is 20.1 Å². The standard InChI is InChI=1S/C18H23N5O2S/c1-21(2)17(25)14-4-3-5-15(12-14)20-16(24)13-22-7-9-23(10-8-22)18-19-6-11-26-18/h3-6,11-12H,7-10,13H2,1-2H3,(H,20,24). The van der Waals surface area contributed by atoms with Crippen LogP contribution in [0.15, 0.2) is 35.8 Å². The maximum Gasteiger partial charge on any atom is 0.253 e. The van der Waals surface area contributed by atoms with E-state index in [1.165, 1.54) is 4.90 Å². The van der Waals surface area contributed by atoms with Gasteiger partial charge in [-0.25, -0.2) is 4.98 Å². The smallest absolute Gasteiger partial charge is 0.253 e. The molecule has 8 heteroatoms. The third-order valence-corrected chi connectivity index (χ3v) is 5.06. The van der Waals surface area contributed by atoms with Crippen molar-refractivity contribution in [2.45, 2.75) is 0 Å². The molecular formula is C18H23N5O2S. The van der Waals surface area contributed by atoms with Crippen LogP contribution in [0.25, 0.3) is 0 Å². The minimum atomic E-state index is -0.0839. The van der Waals surface area contributed by atoms with Crippen LogP contribution < -0.4 is 10.2 Å². The Morgan fingerprint density at radius 2 is 2.00 bits per heavy atom. The second-order valence-electron chi connectivity index (χ2n) is 6.41. The van der Waals surface area contributed by atoms with Gasteiger partial charge in [-0.1, -0.05) is 6.07 Å². The van der Waals surface area contributed by atoms with Crippen molar-refractivity contribution in [1.82, 2.24) is 14.8 Å². The molecule has 1 fully saturated rings. The Morgan fingerprint density at radius 1 is 1.23 bits per heavy atom. The molecule has 0 unspecified atom stereocenters. The highest BCUT2D eigenvalue weighted by molar-refractivity contribution is 7.13. The molecular weight excluding hydrogens is 350 g/mol. The van der Waals surface area contributed by atoms with E-state index in [4.69, 9.17) is 0 Å². The number of piperazine rings is 1. The third-order valence-electron chi connectivity index (χ3n) is 4.23. The molecule has 1 aromatic heterocycles. The van der Waals surface area contributed by atoms with Crippen LogP contribution in [-0.4, -0.2) is 73.4 Å². The third kappa shape index (κ3) is 4.59. The summed E-state index contributed by atoms with van der Waals surface area (Å²) >= 11 is 1.64. The van der Waals surface area contributed by atoms with E-state index in [-0.39, 0.29) is 11.8 Å². The number of nitrogens with zero attached hydrogens (tertiary/aromatic N) is 4. The molecule has 2 aromatic rings. The Bertz CT molecular complexity index is 755. The molecule has 2 heterocycles. The Labute approximate surface area is 157 Å². The monoisotopic (exact) mass is 373 g/mol. The Kier molecular flexibility index (Phi) is 5.85. The summed E-state index contributed by atoms with van der Waals surface area (Å²) in [6, 6.07) is 7.03. The molecule has 7 nitrogen and oxygen atoms in total. The molecule has 1 aromatic carbocycles. The summed E-state index contributed by atoms with van der Waals surface area (Å²) < 4.78 is 0. The summed E-state index contributed by atoms with van der Waals surface area (Å²) in [6.07, 6.45) is 1.81. The topological polar surface area (TPSA) is 68.8 Å². The molecule has 0 radical (unpaired) electrons. The Morgan fingerprint density at radius 3 is 2.65 bits per heavy atom. The SMILES string of the molecule is CN(C)C(=O)c1cccc(NC(=O)CN2CCN(c3nccs3)CC2)c1. The van der Waals surface area contributed by atoms with Gasteiger partial charge in [-0.2, -0.15) is 0 Å². The number of carbonyl (C=O) groups excluding carboxylic acids is 2. The molecule has 1 aliphatic rings. The van der Waals surface area contributed by atoms with Gasteiger partial charge in [-0.3, -0.25) is 14.5 Å². The maximum absolute atomic E-state index is 12.3. The van der Waals surface area contributed by atoms with Gasteiger partial charge in [0.25, 0.3) is 5.91 Å². The average molecular weight is 373 g/mol. The number of aromatic nitrogens is 1. The van der Waals surface area contributed by atoms with Crippen LogP contribution in [0.4, 0.5) is 10.8 Å². The van der Waals surface area contributed by atoms with E-state index in [0.717, 1.165) is 31.3 Å². The first-order valence-electron chi connectivity index (χ1n) is 8.51. The average Bonchev–Trinajstić information content (AvgIpc) is 3.16. The summed E-state index contributed by atoms with van der Waals surface area (Å²) in [7, 11) is 3.41. The first-order chi connectivity index (χ1) is 12.5. The van der Waals surface area contributed by atoms with E-state index in [0.29, 0.717) is 17.8 Å². The lowest BCUT2D eigenvalue weighted by Crippen LogP contribution is -2.48. The predicted octanol–water partition coefficient (Wildman–Crippen LogP) is 1.61. The predicted molar refractivity (Wildman–Crippen MR) is 104 cm³/mol. The highest BCUT2D eigenvalue weighted by Crippen LogP contribution is 2.19. The number of anilines is 2. The lowest BCUT2D eigenvalue weighted by Gasteiger charge is -2.34. The van der Waals surface area contributed by atoms with E-state index < -0.39 is 0 Å². The van der Waals surface area contributed by atoms with Crippen LogP contribution in [0.2, 0.25) is 0 Å². The van der Waals surface area contributed by atoms with Gasteiger partial charge in [-0.15, -0.1) is 11.3 Å². The number of rotatable bonds is 5. The molecule has 1 saturated heterocycles. The van der Waals surface area contributed by atoms with Crippen molar-refractivity contribution in [3.05, 3.63) is 41.4 Å². The molecule has 0 spiro atoms. The van der Waals surface area contributed by atoms with Crippen LogP contribution in [0.5, 0.6) is 0 Å². The van der Waals surface area contributed by atoms with E-state index >= 15 is 0 Å². The Hall–Kier alpha value is -2.45. The van der Waals surface area contributed by atoms with Gasteiger partial charge < -0.3 is 15.1 Å². The van der Waals surface area contributed by atoms with Gasteiger partial charge in [0, 0.05) is 63.1 Å². The van der Waals surface area contributed by atoms with Gasteiger partial charge >= 0.3 is 0 Å². The van der Waals surface area contributed by atoms with Crippen molar-refractivity contribution in [3.63, 3.8) is 0 Å². The molecule has 2 amide bonds. The zero-order chi connectivity index (χ0) is 18.5. The van der Waals surface area contributed by atoms with Gasteiger partial charge in [0.2, 0.25) is 5.91 Å². The molecule has 26 heavy (non-hydrogen) atoms. The molecule has 1 N–H and O–H groups in total. The van der Waals surface area contributed by atoms with Crippen molar-refractivity contribution in [1.29, 1.82) is 0 Å². The lowest BCUT2D eigenvalue weighted by molar-refractivity contribution is -0.117. The zero-order valence-corrected chi connectivity index (χ0v) is 15.8. The lowest BCUT2D eigenvalue weighted by atomic mass is 10.2. The minimum absolute atomic E-state index is 0.0675. The summed E-state index contributed by atoms with van der Waals surface area (Å²) in [5, 5.41) is 5.90. The molecule has 0 aliphatic carbocycles. The summed E-state index contributed by atoms with van der Waals surface area (Å²) in [4.78, 5) is 34.6. The van der Waals surface area contributed by atoms with E-state index in [1.54, 1.807) is 49.7 Å². The van der Waals surface area contributed by atoms with Crippen molar-refractivity contribution < 1.29 is 9.59 Å². The van der Waals surface area contributed by atoms with Crippen LogP contribution >= 0.6 is 11.3 Å². The van der Waals surface area contributed by atoms with Crippen molar-refractivity contribution in [2.24, 2.45) is 0 Å². The fourth-order valence-corrected chi connectivity index (χ4v) is 3.56. The van der Waals surface area contributed by atoms with Crippen LogP contribution in [0.3, 0.4) is 0 Å². The number of carbonyl (C=O) groups is 2. The first kappa shape index (κ1) is 18.3. The van der Waals surface area contributed by atoms with E-state index in [9.17, 15) is 9.59 Å². The second-order valence-corrected chi connectivity index (χ2v) is 7.28. The molecule has 0 bridgehead atoms. The van der Waals surface area contributed by atoms with Crippen molar-refractivity contribution in [2.75, 3.05) is 57.0 Å². The second kappa shape index (κ2) is 8.29. The fourth-order valence-electron chi connectivity index (χ4n) is 2.86. The van der Waals surface area contributed by atoms with Gasteiger partial charge in [0.15, 0.2) is 5.13 Å². The zero-order valence-electron chi connectivity index (χ0n) is 15.0. The number of amides is 2. The fraction of sp³-hybridized carbons (Fsp3) is 0.389. The van der Waals surface area contributed by atoms with E-state index in [1.807, 2.05) is 11.6 Å². The molecule has 3 rings (SSSR count). The van der Waals surface area contributed by atoms with Crippen LogP contribution in [-0.2, 0) is 4.79 Å². The number of hydrogen-bond donors (Lipinski definition) is 1. The summed E-state index contributed by atoms with van der Waals surface area (Å²) in [5.41, 5.74) is 1.20. The molecule has 0 atom stereocenters. The highest BCUT2D eigenvalue weighted by Gasteiger charge is 2.20. The minimum Gasteiger partial charge on any atom is -0.346 e. The van der Waals surface area contributed by atoms with Gasteiger partial charge in [-0.05, 0) is 18.2 Å². The van der Waals surface area contributed by atoms with Crippen molar-refractivity contribution >= 4 is 34.0 Å². The summed E-state index contributed by atoms with van der Waals surface area (Å²) in [6.45, 7) is 3.73.